The van der Waals surface area contributed by atoms with Gasteiger partial charge in [-0.2, -0.15) is 17.9 Å². The van der Waals surface area contributed by atoms with Crippen molar-refractivity contribution < 1.29 is 33.0 Å². The zero-order chi connectivity index (χ0) is 20.8. The lowest BCUT2D eigenvalue weighted by atomic mass is 10.1. The number of rotatable bonds is 3. The van der Waals surface area contributed by atoms with E-state index in [1.165, 1.54) is 12.3 Å². The molecular formula is C16H10F3N3O5S. The normalized spacial score (nSPS) is 11.6. The number of aromatic nitrogens is 2. The maximum absolute atomic E-state index is 12.8. The van der Waals surface area contributed by atoms with Crippen molar-refractivity contribution in [3.8, 4) is 33.3 Å². The SMILES string of the molecule is Cc1c(-c2nc(-c3cc(O)c(O)c([N+](=O)[O-])c3)cs2)ccc(C(F)(F)F)[n+]1[O-]. The van der Waals surface area contributed by atoms with Crippen LogP contribution in [-0.4, -0.2) is 20.1 Å². The van der Waals surface area contributed by atoms with E-state index < -0.39 is 34.0 Å². The summed E-state index contributed by atoms with van der Waals surface area (Å²) in [6.07, 6.45) is -4.80. The molecule has 0 saturated carbocycles. The number of hydrogen-bond donors (Lipinski definition) is 2. The number of phenols is 2. The molecule has 2 heterocycles. The highest BCUT2D eigenvalue weighted by Gasteiger charge is 2.40. The summed E-state index contributed by atoms with van der Waals surface area (Å²) in [6.45, 7) is 1.22. The van der Waals surface area contributed by atoms with Gasteiger partial charge in [-0.05, 0) is 12.1 Å². The molecule has 0 saturated heterocycles. The van der Waals surface area contributed by atoms with Crippen molar-refractivity contribution in [2.24, 2.45) is 0 Å². The van der Waals surface area contributed by atoms with Gasteiger partial charge in [0.1, 0.15) is 5.01 Å². The number of hydrogen-bond acceptors (Lipinski definition) is 7. The molecule has 2 aromatic heterocycles. The number of nitrogens with zero attached hydrogens (tertiary/aromatic N) is 3. The van der Waals surface area contributed by atoms with Crippen LogP contribution in [0.2, 0.25) is 0 Å². The Bertz CT molecular complexity index is 1100. The summed E-state index contributed by atoms with van der Waals surface area (Å²) in [5.74, 6) is -1.61. The Morgan fingerprint density at radius 2 is 1.93 bits per heavy atom. The zero-order valence-electron chi connectivity index (χ0n) is 13.9. The number of halogens is 3. The molecule has 0 bridgehead atoms. The van der Waals surface area contributed by atoms with Crippen LogP contribution >= 0.6 is 11.3 Å². The summed E-state index contributed by atoms with van der Waals surface area (Å²) >= 11 is 0.999. The summed E-state index contributed by atoms with van der Waals surface area (Å²) in [5.41, 5.74) is -1.84. The highest BCUT2D eigenvalue weighted by atomic mass is 32.1. The van der Waals surface area contributed by atoms with Gasteiger partial charge in [0.05, 0.1) is 16.2 Å². The lowest BCUT2D eigenvalue weighted by Crippen LogP contribution is -2.39. The average molecular weight is 413 g/mol. The van der Waals surface area contributed by atoms with E-state index in [0.29, 0.717) is 6.07 Å². The third-order valence-corrected chi connectivity index (χ3v) is 4.78. The van der Waals surface area contributed by atoms with Crippen LogP contribution in [0.3, 0.4) is 0 Å². The molecule has 0 fully saturated rings. The number of alkyl halides is 3. The molecule has 0 aliphatic carbocycles. The van der Waals surface area contributed by atoms with Crippen molar-refractivity contribution in [3.05, 3.63) is 56.4 Å². The van der Waals surface area contributed by atoms with Crippen molar-refractivity contribution in [3.63, 3.8) is 0 Å². The lowest BCUT2D eigenvalue weighted by molar-refractivity contribution is -0.635. The minimum absolute atomic E-state index is 0.115. The predicted octanol–water partition coefficient (Wildman–Crippen LogP) is 3.76. The third-order valence-electron chi connectivity index (χ3n) is 3.91. The molecule has 28 heavy (non-hydrogen) atoms. The Morgan fingerprint density at radius 3 is 2.54 bits per heavy atom. The van der Waals surface area contributed by atoms with E-state index in [-0.39, 0.29) is 32.3 Å². The molecule has 0 aliphatic rings. The summed E-state index contributed by atoms with van der Waals surface area (Å²) in [4.78, 5) is 14.3. The summed E-state index contributed by atoms with van der Waals surface area (Å²) in [7, 11) is 0. The minimum Gasteiger partial charge on any atom is -0.618 e. The quantitative estimate of drug-likeness (QED) is 0.222. The van der Waals surface area contributed by atoms with Gasteiger partial charge < -0.3 is 15.4 Å². The molecule has 0 radical (unpaired) electrons. The molecule has 0 amide bonds. The Balaban J connectivity index is 2.07. The second-order valence-electron chi connectivity index (χ2n) is 5.67. The molecule has 146 valence electrons. The van der Waals surface area contributed by atoms with Gasteiger partial charge in [-0.15, -0.1) is 11.3 Å². The number of phenolic OH excluding ortho intramolecular Hbond substituents is 2. The van der Waals surface area contributed by atoms with Gasteiger partial charge in [-0.25, -0.2) is 4.98 Å². The first kappa shape index (κ1) is 19.4. The Morgan fingerprint density at radius 1 is 1.25 bits per heavy atom. The van der Waals surface area contributed by atoms with Gasteiger partial charge in [0.25, 0.3) is 5.69 Å². The predicted molar refractivity (Wildman–Crippen MR) is 91.7 cm³/mol. The fraction of sp³-hybridized carbons (Fsp3) is 0.125. The second kappa shape index (κ2) is 6.64. The number of nitro groups is 1. The minimum atomic E-state index is -4.80. The van der Waals surface area contributed by atoms with E-state index in [9.17, 15) is 38.7 Å². The fourth-order valence-corrected chi connectivity index (χ4v) is 3.40. The van der Waals surface area contributed by atoms with E-state index in [0.717, 1.165) is 29.5 Å². The first-order chi connectivity index (χ1) is 13.0. The van der Waals surface area contributed by atoms with Crippen molar-refractivity contribution in [2.75, 3.05) is 0 Å². The van der Waals surface area contributed by atoms with E-state index in [1.54, 1.807) is 0 Å². The smallest absolute Gasteiger partial charge is 0.478 e. The largest absolute Gasteiger partial charge is 0.618 e. The highest BCUT2D eigenvalue weighted by molar-refractivity contribution is 7.13. The summed E-state index contributed by atoms with van der Waals surface area (Å²) in [6, 6.07) is 3.83. The van der Waals surface area contributed by atoms with Crippen LogP contribution in [0.5, 0.6) is 11.5 Å². The molecule has 2 N–H and O–H groups in total. The zero-order valence-corrected chi connectivity index (χ0v) is 14.7. The van der Waals surface area contributed by atoms with E-state index in [4.69, 9.17) is 0 Å². The van der Waals surface area contributed by atoms with Crippen molar-refractivity contribution >= 4 is 17.0 Å². The Labute approximate surface area is 158 Å². The number of pyridine rings is 1. The van der Waals surface area contributed by atoms with Crippen molar-refractivity contribution in [1.29, 1.82) is 0 Å². The van der Waals surface area contributed by atoms with Crippen molar-refractivity contribution in [1.82, 2.24) is 4.98 Å². The molecule has 8 nitrogen and oxygen atoms in total. The standard InChI is InChI=1S/C16H10F3N3O5S/c1-7-9(2-3-13(21(7)25)16(17,18)19)15-20-10(6-28-15)8-4-11(22(26)27)14(24)12(23)5-8/h2-6,23-24H,1H3. The molecule has 3 aromatic rings. The molecule has 0 atom stereocenters. The van der Waals surface area contributed by atoms with E-state index in [1.807, 2.05) is 0 Å². The van der Waals surface area contributed by atoms with Crippen LogP contribution in [-0.2, 0) is 6.18 Å². The van der Waals surface area contributed by atoms with Crippen LogP contribution in [0.4, 0.5) is 18.9 Å². The van der Waals surface area contributed by atoms with Gasteiger partial charge >= 0.3 is 11.9 Å². The van der Waals surface area contributed by atoms with Gasteiger partial charge in [-0.3, -0.25) is 10.1 Å². The second-order valence-corrected chi connectivity index (χ2v) is 6.53. The van der Waals surface area contributed by atoms with Crippen molar-refractivity contribution in [2.45, 2.75) is 13.1 Å². The lowest BCUT2D eigenvalue weighted by Gasteiger charge is -2.11. The first-order valence-corrected chi connectivity index (χ1v) is 8.35. The molecule has 0 unspecified atom stereocenters. The molecule has 1 aromatic carbocycles. The fourth-order valence-electron chi connectivity index (χ4n) is 2.50. The average Bonchev–Trinajstić information content (AvgIpc) is 3.07. The number of aromatic hydroxyl groups is 2. The molecule has 0 aliphatic heterocycles. The molecule has 3 rings (SSSR count). The van der Waals surface area contributed by atoms with Crippen LogP contribution in [0.1, 0.15) is 11.4 Å². The monoisotopic (exact) mass is 413 g/mol. The van der Waals surface area contributed by atoms with Crippen LogP contribution in [0, 0.1) is 22.2 Å². The summed E-state index contributed by atoms with van der Waals surface area (Å²) < 4.78 is 38.3. The van der Waals surface area contributed by atoms with Crippen LogP contribution in [0.25, 0.3) is 21.8 Å². The number of thiazole rings is 1. The maximum atomic E-state index is 12.8. The van der Waals surface area contributed by atoms with Gasteiger partial charge in [0, 0.05) is 30.0 Å². The van der Waals surface area contributed by atoms with E-state index in [2.05, 4.69) is 4.98 Å². The number of nitro benzene ring substituents is 1. The topological polar surface area (TPSA) is 123 Å². The Kier molecular flexibility index (Phi) is 4.59. The van der Waals surface area contributed by atoms with Gasteiger partial charge in [0.2, 0.25) is 11.4 Å². The molecular weight excluding hydrogens is 403 g/mol. The third kappa shape index (κ3) is 3.29. The van der Waals surface area contributed by atoms with Gasteiger partial charge in [0.15, 0.2) is 5.75 Å². The van der Waals surface area contributed by atoms with E-state index >= 15 is 0 Å². The highest BCUT2D eigenvalue weighted by Crippen LogP contribution is 2.40. The Hall–Kier alpha value is -3.41. The molecule has 0 spiro atoms. The number of benzene rings is 1. The van der Waals surface area contributed by atoms with Gasteiger partial charge in [-0.1, -0.05) is 0 Å². The maximum Gasteiger partial charge on any atom is 0.478 e. The molecule has 12 heteroatoms. The van der Waals surface area contributed by atoms with Crippen LogP contribution in [0.15, 0.2) is 29.6 Å². The van der Waals surface area contributed by atoms with Crippen LogP contribution < -0.4 is 4.73 Å². The summed E-state index contributed by atoms with van der Waals surface area (Å²) in [5, 5.41) is 43.8. The first-order valence-electron chi connectivity index (χ1n) is 7.47.